The smallest absolute Gasteiger partial charge is 0.344 e. The van der Waals surface area contributed by atoms with Crippen LogP contribution in [0.1, 0.15) is 20.3 Å². The molecular weight excluding hydrogens is 346 g/mol. The molecule has 140 valence electrons. The third-order valence-corrected chi connectivity index (χ3v) is 4.54. The molecule has 1 unspecified atom stereocenters. The molecule has 1 atom stereocenters. The molecule has 2 N–H and O–H groups in total. The van der Waals surface area contributed by atoms with Gasteiger partial charge in [0.2, 0.25) is 0 Å². The highest BCUT2D eigenvalue weighted by molar-refractivity contribution is 6.07. The summed E-state index contributed by atoms with van der Waals surface area (Å²) in [4.78, 5) is 36.2. The highest BCUT2D eigenvalue weighted by atomic mass is 16.5. The Morgan fingerprint density at radius 2 is 1.70 bits per heavy atom. The van der Waals surface area contributed by atoms with Crippen molar-refractivity contribution in [2.45, 2.75) is 25.8 Å². The summed E-state index contributed by atoms with van der Waals surface area (Å²) in [5.74, 6) is -0.568. The lowest BCUT2D eigenvalue weighted by molar-refractivity contribution is -0.139. The Morgan fingerprint density at radius 3 is 2.30 bits per heavy atom. The Hall–Kier alpha value is -3.35. The van der Waals surface area contributed by atoms with Gasteiger partial charge in [0.1, 0.15) is 11.3 Å². The summed E-state index contributed by atoms with van der Waals surface area (Å²) in [5, 5.41) is 3.26. The zero-order chi connectivity index (χ0) is 19.4. The lowest BCUT2D eigenvalue weighted by atomic mass is 10.00. The van der Waals surface area contributed by atoms with E-state index < -0.39 is 23.4 Å². The molecule has 1 fully saturated rings. The van der Waals surface area contributed by atoms with Crippen LogP contribution >= 0.6 is 0 Å². The molecule has 2 aromatic rings. The van der Waals surface area contributed by atoms with Crippen molar-refractivity contribution < 1.29 is 19.1 Å². The van der Waals surface area contributed by atoms with Crippen molar-refractivity contribution in [1.29, 1.82) is 0 Å². The lowest BCUT2D eigenvalue weighted by Crippen LogP contribution is -2.49. The Balaban J connectivity index is 1.55. The van der Waals surface area contributed by atoms with Crippen LogP contribution in [0.4, 0.5) is 4.79 Å². The van der Waals surface area contributed by atoms with E-state index in [0.29, 0.717) is 17.2 Å². The van der Waals surface area contributed by atoms with Crippen LogP contribution in [-0.4, -0.2) is 35.0 Å². The van der Waals surface area contributed by atoms with Gasteiger partial charge < -0.3 is 10.1 Å². The van der Waals surface area contributed by atoms with Crippen molar-refractivity contribution >= 4 is 17.8 Å². The minimum absolute atomic E-state index is 0.315. The molecule has 1 aliphatic rings. The number of benzene rings is 2. The van der Waals surface area contributed by atoms with Crippen molar-refractivity contribution in [2.24, 2.45) is 0 Å². The number of amides is 4. The molecule has 27 heavy (non-hydrogen) atoms. The van der Waals surface area contributed by atoms with Gasteiger partial charge in [-0.3, -0.25) is 15.0 Å². The van der Waals surface area contributed by atoms with E-state index >= 15 is 0 Å². The minimum atomic E-state index is -1.00. The first-order valence-corrected chi connectivity index (χ1v) is 8.67. The predicted molar refractivity (Wildman–Crippen MR) is 99.6 cm³/mol. The molecule has 7 nitrogen and oxygen atoms in total. The molecule has 1 heterocycles. The van der Waals surface area contributed by atoms with Gasteiger partial charge in [-0.25, -0.2) is 4.79 Å². The fourth-order valence-corrected chi connectivity index (χ4v) is 2.71. The van der Waals surface area contributed by atoms with Gasteiger partial charge in [-0.15, -0.1) is 0 Å². The van der Waals surface area contributed by atoms with E-state index in [1.54, 1.807) is 26.0 Å². The molecule has 1 aliphatic heterocycles. The second-order valence-corrected chi connectivity index (χ2v) is 6.47. The van der Waals surface area contributed by atoms with Gasteiger partial charge in [0.15, 0.2) is 6.61 Å². The van der Waals surface area contributed by atoms with E-state index in [1.807, 2.05) is 42.5 Å². The summed E-state index contributed by atoms with van der Waals surface area (Å²) >= 11 is 0. The summed E-state index contributed by atoms with van der Waals surface area (Å²) in [6.45, 7) is 3.08. The molecule has 4 amide bonds. The van der Waals surface area contributed by atoms with Crippen LogP contribution in [-0.2, 0) is 9.59 Å². The molecule has 0 aromatic heterocycles. The number of imide groups is 1. The summed E-state index contributed by atoms with van der Waals surface area (Å²) in [7, 11) is 0. The summed E-state index contributed by atoms with van der Waals surface area (Å²) in [6, 6.07) is 16.6. The molecule has 0 spiro atoms. The quantitative estimate of drug-likeness (QED) is 0.768. The number of carbonyl (C=O) groups excluding carboxylic acids is 3. The summed E-state index contributed by atoms with van der Waals surface area (Å²) < 4.78 is 5.44. The Bertz CT molecular complexity index is 851. The van der Waals surface area contributed by atoms with Crippen LogP contribution in [0.2, 0.25) is 0 Å². The SMILES string of the molecule is CCC1(C)NC(=O)N(NC(=O)COc2ccc(-c3ccccc3)cc2)C1=O. The largest absolute Gasteiger partial charge is 0.484 e. The average molecular weight is 367 g/mol. The van der Waals surface area contributed by atoms with Gasteiger partial charge in [0, 0.05) is 0 Å². The number of ether oxygens (including phenoxy) is 1. The Kier molecular flexibility index (Phi) is 5.12. The summed E-state index contributed by atoms with van der Waals surface area (Å²) in [6.07, 6.45) is 0.425. The normalized spacial score (nSPS) is 19.0. The maximum atomic E-state index is 12.2. The van der Waals surface area contributed by atoms with E-state index in [-0.39, 0.29) is 6.61 Å². The van der Waals surface area contributed by atoms with Crippen molar-refractivity contribution in [3.05, 3.63) is 54.6 Å². The van der Waals surface area contributed by atoms with E-state index in [0.717, 1.165) is 11.1 Å². The maximum Gasteiger partial charge on any atom is 0.344 e. The number of urea groups is 1. The van der Waals surface area contributed by atoms with Crippen LogP contribution in [0.25, 0.3) is 11.1 Å². The monoisotopic (exact) mass is 367 g/mol. The molecule has 0 bridgehead atoms. The second-order valence-electron chi connectivity index (χ2n) is 6.47. The molecular formula is C20H21N3O4. The van der Waals surface area contributed by atoms with E-state index in [2.05, 4.69) is 10.7 Å². The first-order chi connectivity index (χ1) is 12.9. The summed E-state index contributed by atoms with van der Waals surface area (Å²) in [5.41, 5.74) is 3.40. The number of hydrazine groups is 1. The molecule has 2 aromatic carbocycles. The van der Waals surface area contributed by atoms with E-state index in [1.165, 1.54) is 0 Å². The van der Waals surface area contributed by atoms with Gasteiger partial charge in [-0.1, -0.05) is 49.4 Å². The van der Waals surface area contributed by atoms with Crippen LogP contribution in [0, 0.1) is 0 Å². The van der Waals surface area contributed by atoms with Gasteiger partial charge >= 0.3 is 6.03 Å². The van der Waals surface area contributed by atoms with Gasteiger partial charge in [-0.2, -0.15) is 5.01 Å². The molecule has 0 saturated carbocycles. The number of nitrogens with zero attached hydrogens (tertiary/aromatic N) is 1. The molecule has 0 aliphatic carbocycles. The zero-order valence-electron chi connectivity index (χ0n) is 15.2. The molecule has 3 rings (SSSR count). The second kappa shape index (κ2) is 7.49. The standard InChI is InChI=1S/C20H21N3O4/c1-3-20(2)18(25)23(19(26)21-20)22-17(24)13-27-16-11-9-15(10-12-16)14-7-5-4-6-8-14/h4-12H,3,13H2,1-2H3,(H,21,26)(H,22,24). The zero-order valence-corrected chi connectivity index (χ0v) is 15.2. The van der Waals surface area contributed by atoms with Gasteiger partial charge in [0.25, 0.3) is 11.8 Å². The highest BCUT2D eigenvalue weighted by Crippen LogP contribution is 2.22. The van der Waals surface area contributed by atoms with Crippen molar-refractivity contribution in [2.75, 3.05) is 6.61 Å². The van der Waals surface area contributed by atoms with Crippen LogP contribution < -0.4 is 15.5 Å². The fraction of sp³-hybridized carbons (Fsp3) is 0.250. The van der Waals surface area contributed by atoms with Crippen molar-refractivity contribution in [1.82, 2.24) is 15.8 Å². The van der Waals surface area contributed by atoms with Crippen molar-refractivity contribution in [3.63, 3.8) is 0 Å². The number of hydrogen-bond donors (Lipinski definition) is 2. The molecule has 0 radical (unpaired) electrons. The number of carbonyl (C=O) groups is 3. The highest BCUT2D eigenvalue weighted by Gasteiger charge is 2.47. The van der Waals surface area contributed by atoms with Crippen molar-refractivity contribution in [3.8, 4) is 16.9 Å². The van der Waals surface area contributed by atoms with E-state index in [9.17, 15) is 14.4 Å². The number of hydrogen-bond acceptors (Lipinski definition) is 4. The van der Waals surface area contributed by atoms with Gasteiger partial charge in [-0.05, 0) is 36.6 Å². The topological polar surface area (TPSA) is 87.7 Å². The third kappa shape index (κ3) is 3.92. The maximum absolute atomic E-state index is 12.2. The van der Waals surface area contributed by atoms with E-state index in [4.69, 9.17) is 4.74 Å². The Morgan fingerprint density at radius 1 is 1.07 bits per heavy atom. The minimum Gasteiger partial charge on any atom is -0.484 e. The van der Waals surface area contributed by atoms with Gasteiger partial charge in [0.05, 0.1) is 0 Å². The van der Waals surface area contributed by atoms with Crippen LogP contribution in [0.5, 0.6) is 5.75 Å². The average Bonchev–Trinajstić information content (AvgIpc) is 2.91. The lowest BCUT2D eigenvalue weighted by Gasteiger charge is -2.19. The Labute approximate surface area is 157 Å². The first kappa shape index (κ1) is 18.4. The third-order valence-electron chi connectivity index (χ3n) is 4.54. The van der Waals surface area contributed by atoms with Crippen LogP contribution in [0.3, 0.4) is 0 Å². The predicted octanol–water partition coefficient (Wildman–Crippen LogP) is 2.48. The van der Waals surface area contributed by atoms with Crippen LogP contribution in [0.15, 0.2) is 54.6 Å². The molecule has 1 saturated heterocycles. The fourth-order valence-electron chi connectivity index (χ4n) is 2.71. The first-order valence-electron chi connectivity index (χ1n) is 8.67. The molecule has 7 heteroatoms. The number of nitrogens with one attached hydrogen (secondary N) is 2. The number of rotatable bonds is 6.